The van der Waals surface area contributed by atoms with E-state index in [1.807, 2.05) is 36.4 Å². The molecule has 0 bridgehead atoms. The van der Waals surface area contributed by atoms with Gasteiger partial charge in [0.25, 0.3) is 0 Å². The van der Waals surface area contributed by atoms with Gasteiger partial charge in [0.2, 0.25) is 11.8 Å². The zero-order valence-electron chi connectivity index (χ0n) is 15.4. The van der Waals surface area contributed by atoms with E-state index in [4.69, 9.17) is 11.6 Å². The monoisotopic (exact) mass is 440 g/mol. The molecule has 9 heteroatoms. The van der Waals surface area contributed by atoms with Crippen LogP contribution in [0.3, 0.4) is 0 Å². The summed E-state index contributed by atoms with van der Waals surface area (Å²) in [6, 6.07) is 10.7. The number of fused-ring (bicyclic) bond motifs is 1. The van der Waals surface area contributed by atoms with Crippen molar-refractivity contribution in [3.05, 3.63) is 41.4 Å². The molecule has 150 valence electrons. The molecular weight excluding hydrogens is 420 g/mol. The Bertz CT molecular complexity index is 991. The van der Waals surface area contributed by atoms with Crippen LogP contribution in [0.1, 0.15) is 6.92 Å². The van der Waals surface area contributed by atoms with E-state index in [0.717, 1.165) is 15.7 Å². The quantitative estimate of drug-likeness (QED) is 0.721. The standard InChI is InChI=1S/C19H21ClN2O4S2/c1-13(19(24)22-8-10-28(25,26)11-9-22)21-17(23)12-27-16-7-3-5-14-4-2-6-15(20)18(14)16/h2-7,13H,8-12H2,1H3,(H,21,23). The third-order valence-corrected chi connectivity index (χ3v) is 7.56. The first-order valence-corrected chi connectivity index (χ1v) is 12.0. The smallest absolute Gasteiger partial charge is 0.244 e. The Labute approximate surface area is 173 Å². The third-order valence-electron chi connectivity index (χ3n) is 4.58. The van der Waals surface area contributed by atoms with Crippen LogP contribution in [0.2, 0.25) is 5.02 Å². The molecule has 0 radical (unpaired) electrons. The molecule has 1 aliphatic heterocycles. The molecule has 0 spiro atoms. The van der Waals surface area contributed by atoms with E-state index in [9.17, 15) is 18.0 Å². The molecule has 1 N–H and O–H groups in total. The summed E-state index contributed by atoms with van der Waals surface area (Å²) in [5, 5.41) is 5.23. The highest BCUT2D eigenvalue weighted by Crippen LogP contribution is 2.33. The maximum atomic E-state index is 12.4. The van der Waals surface area contributed by atoms with Gasteiger partial charge < -0.3 is 10.2 Å². The van der Waals surface area contributed by atoms with Gasteiger partial charge in [-0.05, 0) is 24.4 Å². The molecule has 2 amide bonds. The highest BCUT2D eigenvalue weighted by atomic mass is 35.5. The number of amides is 2. The second kappa shape index (κ2) is 8.71. The summed E-state index contributed by atoms with van der Waals surface area (Å²) in [4.78, 5) is 27.1. The van der Waals surface area contributed by atoms with Crippen molar-refractivity contribution in [1.82, 2.24) is 10.2 Å². The lowest BCUT2D eigenvalue weighted by molar-refractivity contribution is -0.135. The summed E-state index contributed by atoms with van der Waals surface area (Å²) in [5.41, 5.74) is 0. The van der Waals surface area contributed by atoms with Crippen molar-refractivity contribution in [2.45, 2.75) is 17.9 Å². The van der Waals surface area contributed by atoms with Gasteiger partial charge in [0, 0.05) is 28.4 Å². The van der Waals surface area contributed by atoms with Crippen LogP contribution in [0.15, 0.2) is 41.3 Å². The first kappa shape index (κ1) is 21.0. The molecule has 0 aromatic heterocycles. The van der Waals surface area contributed by atoms with Crippen LogP contribution in [0.4, 0.5) is 0 Å². The fraction of sp³-hybridized carbons (Fsp3) is 0.368. The van der Waals surface area contributed by atoms with Gasteiger partial charge in [-0.1, -0.05) is 35.9 Å². The number of carbonyl (C=O) groups is 2. The summed E-state index contributed by atoms with van der Waals surface area (Å²) in [6.07, 6.45) is 0. The van der Waals surface area contributed by atoms with Crippen LogP contribution in [-0.2, 0) is 19.4 Å². The second-order valence-corrected chi connectivity index (χ2v) is 10.4. The van der Waals surface area contributed by atoms with Gasteiger partial charge in [-0.2, -0.15) is 0 Å². The molecule has 1 atom stereocenters. The molecule has 6 nitrogen and oxygen atoms in total. The van der Waals surface area contributed by atoms with E-state index in [1.165, 1.54) is 16.7 Å². The van der Waals surface area contributed by atoms with Gasteiger partial charge in [-0.15, -0.1) is 11.8 Å². The van der Waals surface area contributed by atoms with Crippen LogP contribution in [0.5, 0.6) is 0 Å². The Morgan fingerprint density at radius 2 is 1.82 bits per heavy atom. The lowest BCUT2D eigenvalue weighted by atomic mass is 10.1. The number of halogens is 1. The maximum Gasteiger partial charge on any atom is 0.244 e. The molecule has 1 fully saturated rings. The predicted octanol–water partition coefficient (Wildman–Crippen LogP) is 2.35. The van der Waals surface area contributed by atoms with Crippen LogP contribution < -0.4 is 5.32 Å². The Balaban J connectivity index is 1.57. The van der Waals surface area contributed by atoms with E-state index < -0.39 is 15.9 Å². The molecule has 1 heterocycles. The van der Waals surface area contributed by atoms with Gasteiger partial charge in [-0.3, -0.25) is 9.59 Å². The lowest BCUT2D eigenvalue weighted by Crippen LogP contribution is -2.52. The van der Waals surface area contributed by atoms with Gasteiger partial charge >= 0.3 is 0 Å². The summed E-state index contributed by atoms with van der Waals surface area (Å²) in [6.45, 7) is 1.96. The number of benzene rings is 2. The molecule has 3 rings (SSSR count). The average molecular weight is 441 g/mol. The molecular formula is C19H21ClN2O4S2. The topological polar surface area (TPSA) is 83.6 Å². The summed E-state index contributed by atoms with van der Waals surface area (Å²) >= 11 is 7.66. The minimum absolute atomic E-state index is 0.0307. The first-order valence-electron chi connectivity index (χ1n) is 8.85. The molecule has 2 aromatic rings. The number of carbonyl (C=O) groups excluding carboxylic acids is 2. The fourth-order valence-corrected chi connectivity index (χ4v) is 5.54. The molecule has 1 aliphatic rings. The predicted molar refractivity (Wildman–Crippen MR) is 113 cm³/mol. The lowest BCUT2D eigenvalue weighted by Gasteiger charge is -2.29. The average Bonchev–Trinajstić information content (AvgIpc) is 2.66. The zero-order chi connectivity index (χ0) is 20.3. The van der Waals surface area contributed by atoms with Crippen LogP contribution in [-0.4, -0.2) is 61.5 Å². The van der Waals surface area contributed by atoms with E-state index in [0.29, 0.717) is 5.02 Å². The second-order valence-electron chi connectivity index (χ2n) is 6.65. The summed E-state index contributed by atoms with van der Waals surface area (Å²) in [5.74, 6) is -0.439. The van der Waals surface area contributed by atoms with E-state index in [-0.39, 0.29) is 42.2 Å². The normalized spacial score (nSPS) is 17.3. The number of nitrogens with one attached hydrogen (secondary N) is 1. The Hall–Kier alpha value is -1.77. The number of thioether (sulfide) groups is 1. The maximum absolute atomic E-state index is 12.4. The Morgan fingerprint density at radius 1 is 1.18 bits per heavy atom. The third kappa shape index (κ3) is 4.98. The Kier molecular flexibility index (Phi) is 6.52. The molecule has 0 saturated carbocycles. The van der Waals surface area contributed by atoms with E-state index in [2.05, 4.69) is 5.32 Å². The van der Waals surface area contributed by atoms with E-state index in [1.54, 1.807) is 6.92 Å². The van der Waals surface area contributed by atoms with Crippen molar-refractivity contribution >= 4 is 55.8 Å². The van der Waals surface area contributed by atoms with Crippen molar-refractivity contribution in [2.24, 2.45) is 0 Å². The number of sulfone groups is 1. The van der Waals surface area contributed by atoms with E-state index >= 15 is 0 Å². The van der Waals surface area contributed by atoms with Crippen LogP contribution in [0, 0.1) is 0 Å². The first-order chi connectivity index (χ1) is 13.3. The van der Waals surface area contributed by atoms with Gasteiger partial charge in [0.15, 0.2) is 9.84 Å². The highest BCUT2D eigenvalue weighted by Gasteiger charge is 2.28. The van der Waals surface area contributed by atoms with Gasteiger partial charge in [0.05, 0.1) is 17.3 Å². The van der Waals surface area contributed by atoms with Crippen molar-refractivity contribution in [3.8, 4) is 0 Å². The van der Waals surface area contributed by atoms with Gasteiger partial charge in [0.1, 0.15) is 6.04 Å². The summed E-state index contributed by atoms with van der Waals surface area (Å²) in [7, 11) is -3.05. The van der Waals surface area contributed by atoms with Crippen LogP contribution >= 0.6 is 23.4 Å². The summed E-state index contributed by atoms with van der Waals surface area (Å²) < 4.78 is 23.0. The van der Waals surface area contributed by atoms with Crippen LogP contribution in [0.25, 0.3) is 10.8 Å². The van der Waals surface area contributed by atoms with Crippen molar-refractivity contribution in [1.29, 1.82) is 0 Å². The largest absolute Gasteiger partial charge is 0.344 e. The van der Waals surface area contributed by atoms with Gasteiger partial charge in [-0.25, -0.2) is 8.42 Å². The fourth-order valence-electron chi connectivity index (χ4n) is 3.08. The molecule has 1 saturated heterocycles. The minimum Gasteiger partial charge on any atom is -0.344 e. The zero-order valence-corrected chi connectivity index (χ0v) is 17.7. The molecule has 2 aromatic carbocycles. The number of rotatable bonds is 5. The molecule has 28 heavy (non-hydrogen) atoms. The number of nitrogens with zero attached hydrogens (tertiary/aromatic N) is 1. The number of hydrogen-bond acceptors (Lipinski definition) is 5. The van der Waals surface area contributed by atoms with Crippen molar-refractivity contribution in [2.75, 3.05) is 30.3 Å². The molecule has 0 aliphatic carbocycles. The van der Waals surface area contributed by atoms with Crippen molar-refractivity contribution < 1.29 is 18.0 Å². The highest BCUT2D eigenvalue weighted by molar-refractivity contribution is 8.00. The number of hydrogen-bond donors (Lipinski definition) is 1. The minimum atomic E-state index is -3.05. The SMILES string of the molecule is CC(NC(=O)CSc1cccc2cccc(Cl)c12)C(=O)N1CCS(=O)(=O)CC1. The Morgan fingerprint density at radius 3 is 2.50 bits per heavy atom. The van der Waals surface area contributed by atoms with Crippen molar-refractivity contribution in [3.63, 3.8) is 0 Å². The molecule has 1 unspecified atom stereocenters.